The maximum absolute atomic E-state index is 6.80. The highest BCUT2D eigenvalue weighted by Gasteiger charge is 2.21. The topological polar surface area (TPSA) is 43.9 Å². The molecular weight excluding hydrogens is 454 g/mol. The molecule has 0 aliphatic heterocycles. The van der Waals surface area contributed by atoms with Gasteiger partial charge in [-0.25, -0.2) is 9.97 Å². The summed E-state index contributed by atoms with van der Waals surface area (Å²) in [6, 6.07) is 38.0. The third-order valence-electron chi connectivity index (χ3n) is 7.29. The van der Waals surface area contributed by atoms with Crippen molar-refractivity contribution in [3.63, 3.8) is 0 Å². The van der Waals surface area contributed by atoms with E-state index in [0.717, 1.165) is 61.3 Å². The maximum atomic E-state index is 6.80. The Hall–Kier alpha value is -4.96. The van der Waals surface area contributed by atoms with Gasteiger partial charge in [0.05, 0.1) is 11.1 Å². The number of furan rings is 1. The summed E-state index contributed by atoms with van der Waals surface area (Å²) >= 11 is 0. The van der Waals surface area contributed by atoms with E-state index in [1.165, 1.54) is 16.2 Å². The summed E-state index contributed by atoms with van der Waals surface area (Å²) in [5.41, 5.74) is 6.36. The van der Waals surface area contributed by atoms with Gasteiger partial charge in [0, 0.05) is 27.5 Å². The molecule has 0 aliphatic rings. The first-order valence-electron chi connectivity index (χ1n) is 12.4. The molecule has 0 bridgehead atoms. The quantitative estimate of drug-likeness (QED) is 0.235. The molecule has 37 heavy (non-hydrogen) atoms. The molecule has 3 aromatic heterocycles. The van der Waals surface area contributed by atoms with Crippen molar-refractivity contribution in [2.24, 2.45) is 0 Å². The Labute approximate surface area is 212 Å². The van der Waals surface area contributed by atoms with E-state index in [9.17, 15) is 0 Å². The van der Waals surface area contributed by atoms with Crippen molar-refractivity contribution < 1.29 is 4.42 Å². The summed E-state index contributed by atoms with van der Waals surface area (Å²) in [6.07, 6.45) is 0. The molecule has 0 unspecified atom stereocenters. The van der Waals surface area contributed by atoms with Crippen LogP contribution in [-0.4, -0.2) is 14.5 Å². The fourth-order valence-electron chi connectivity index (χ4n) is 5.60. The lowest BCUT2D eigenvalue weighted by atomic mass is 9.99. The molecule has 8 aromatic rings. The van der Waals surface area contributed by atoms with Crippen molar-refractivity contribution in [1.82, 2.24) is 14.5 Å². The largest absolute Gasteiger partial charge is 0.455 e. The molecule has 0 radical (unpaired) electrons. The van der Waals surface area contributed by atoms with Crippen LogP contribution in [0.1, 0.15) is 5.69 Å². The highest BCUT2D eigenvalue weighted by molar-refractivity contribution is 6.23. The normalized spacial score (nSPS) is 11.9. The molecule has 0 saturated carbocycles. The molecule has 0 amide bonds. The van der Waals surface area contributed by atoms with Gasteiger partial charge in [0.1, 0.15) is 11.2 Å². The number of fused-ring (bicyclic) bond motifs is 8. The standard InChI is InChI=1S/C33H21N3O/c1-20-14-19-28-32(34-20)35-33(36(28)23-9-3-2-4-10-23)27-13-7-12-25-26-18-17-22-16-15-21-8-5-6-11-24(21)29(22)31(26)37-30(25)27/h2-19H,1H3. The minimum atomic E-state index is 0.725. The highest BCUT2D eigenvalue weighted by atomic mass is 16.3. The highest BCUT2D eigenvalue weighted by Crippen LogP contribution is 2.41. The van der Waals surface area contributed by atoms with Gasteiger partial charge >= 0.3 is 0 Å². The molecule has 174 valence electrons. The van der Waals surface area contributed by atoms with Crippen LogP contribution in [0.3, 0.4) is 0 Å². The molecule has 0 spiro atoms. The number of aromatic nitrogens is 3. The SMILES string of the molecule is Cc1ccc2c(n1)nc(-c1cccc3c1oc1c3ccc3ccc4ccccc4c31)n2-c1ccccc1. The maximum Gasteiger partial charge on any atom is 0.178 e. The van der Waals surface area contributed by atoms with Gasteiger partial charge in [-0.05, 0) is 59.5 Å². The molecule has 0 atom stereocenters. The molecular formula is C33H21N3O. The molecule has 0 N–H and O–H groups in total. The zero-order valence-corrected chi connectivity index (χ0v) is 20.1. The van der Waals surface area contributed by atoms with Crippen molar-refractivity contribution in [3.8, 4) is 17.1 Å². The van der Waals surface area contributed by atoms with E-state index in [-0.39, 0.29) is 0 Å². The Kier molecular flexibility index (Phi) is 4.12. The Morgan fingerprint density at radius 3 is 2.27 bits per heavy atom. The molecule has 4 heteroatoms. The van der Waals surface area contributed by atoms with Crippen LogP contribution in [0.5, 0.6) is 0 Å². The summed E-state index contributed by atoms with van der Waals surface area (Å²) in [5.74, 6) is 0.818. The zero-order valence-electron chi connectivity index (χ0n) is 20.1. The number of pyridine rings is 1. The average molecular weight is 476 g/mol. The van der Waals surface area contributed by atoms with Gasteiger partial charge in [0.15, 0.2) is 11.5 Å². The van der Waals surface area contributed by atoms with Gasteiger partial charge in [-0.1, -0.05) is 72.8 Å². The lowest BCUT2D eigenvalue weighted by Gasteiger charge is -2.09. The first-order valence-corrected chi connectivity index (χ1v) is 12.4. The predicted octanol–water partition coefficient (Wildman–Crippen LogP) is 8.60. The van der Waals surface area contributed by atoms with E-state index in [1.807, 2.05) is 31.2 Å². The van der Waals surface area contributed by atoms with Crippen LogP contribution in [0.2, 0.25) is 0 Å². The molecule has 0 fully saturated rings. The minimum absolute atomic E-state index is 0.725. The summed E-state index contributed by atoms with van der Waals surface area (Å²) in [4.78, 5) is 9.79. The number of nitrogens with zero attached hydrogens (tertiary/aromatic N) is 3. The van der Waals surface area contributed by atoms with E-state index in [2.05, 4.69) is 89.5 Å². The molecule has 0 aliphatic carbocycles. The fourth-order valence-corrected chi connectivity index (χ4v) is 5.60. The van der Waals surface area contributed by atoms with Gasteiger partial charge in [-0.15, -0.1) is 0 Å². The summed E-state index contributed by atoms with van der Waals surface area (Å²) in [7, 11) is 0. The third-order valence-corrected chi connectivity index (χ3v) is 7.29. The van der Waals surface area contributed by atoms with Crippen LogP contribution in [0.25, 0.3) is 71.7 Å². The zero-order chi connectivity index (χ0) is 24.5. The van der Waals surface area contributed by atoms with E-state index >= 15 is 0 Å². The van der Waals surface area contributed by atoms with Crippen LogP contribution >= 0.6 is 0 Å². The van der Waals surface area contributed by atoms with Crippen LogP contribution in [0.4, 0.5) is 0 Å². The molecule has 3 heterocycles. The summed E-state index contributed by atoms with van der Waals surface area (Å²) in [6.45, 7) is 2.00. The van der Waals surface area contributed by atoms with Crippen molar-refractivity contribution in [2.45, 2.75) is 6.92 Å². The van der Waals surface area contributed by atoms with E-state index < -0.39 is 0 Å². The van der Waals surface area contributed by atoms with Gasteiger partial charge in [-0.2, -0.15) is 0 Å². The minimum Gasteiger partial charge on any atom is -0.455 e. The number of aryl methyl sites for hydroxylation is 1. The van der Waals surface area contributed by atoms with E-state index in [1.54, 1.807) is 0 Å². The number of para-hydroxylation sites is 2. The second-order valence-corrected chi connectivity index (χ2v) is 9.51. The van der Waals surface area contributed by atoms with Gasteiger partial charge < -0.3 is 4.42 Å². The second kappa shape index (κ2) is 7.52. The van der Waals surface area contributed by atoms with Crippen LogP contribution in [0, 0.1) is 6.92 Å². The smallest absolute Gasteiger partial charge is 0.178 e. The number of benzene rings is 5. The number of hydrogen-bond donors (Lipinski definition) is 0. The monoisotopic (exact) mass is 475 g/mol. The van der Waals surface area contributed by atoms with Crippen LogP contribution < -0.4 is 0 Å². The molecule has 8 rings (SSSR count). The fraction of sp³-hybridized carbons (Fsp3) is 0.0303. The number of rotatable bonds is 2. The summed E-state index contributed by atoms with van der Waals surface area (Å²) in [5, 5.41) is 6.91. The second-order valence-electron chi connectivity index (χ2n) is 9.51. The molecule has 0 saturated heterocycles. The van der Waals surface area contributed by atoms with Crippen LogP contribution in [0.15, 0.2) is 114 Å². The first kappa shape index (κ1) is 20.3. The molecule has 5 aromatic carbocycles. The lowest BCUT2D eigenvalue weighted by molar-refractivity contribution is 0.673. The van der Waals surface area contributed by atoms with Crippen LogP contribution in [-0.2, 0) is 0 Å². The number of imidazole rings is 1. The van der Waals surface area contributed by atoms with Crippen molar-refractivity contribution in [2.75, 3.05) is 0 Å². The average Bonchev–Trinajstić information content (AvgIpc) is 3.51. The third kappa shape index (κ3) is 2.90. The van der Waals surface area contributed by atoms with Gasteiger partial charge in [-0.3, -0.25) is 4.57 Å². The molecule has 4 nitrogen and oxygen atoms in total. The van der Waals surface area contributed by atoms with E-state index in [4.69, 9.17) is 14.4 Å². The Balaban J connectivity index is 1.51. The van der Waals surface area contributed by atoms with Crippen molar-refractivity contribution >= 4 is 54.6 Å². The number of hydrogen-bond acceptors (Lipinski definition) is 3. The Morgan fingerprint density at radius 1 is 0.595 bits per heavy atom. The summed E-state index contributed by atoms with van der Waals surface area (Å²) < 4.78 is 8.97. The Morgan fingerprint density at radius 2 is 1.35 bits per heavy atom. The van der Waals surface area contributed by atoms with Gasteiger partial charge in [0.2, 0.25) is 0 Å². The predicted molar refractivity (Wildman–Crippen MR) is 151 cm³/mol. The lowest BCUT2D eigenvalue weighted by Crippen LogP contribution is -1.97. The van der Waals surface area contributed by atoms with Crippen molar-refractivity contribution in [1.29, 1.82) is 0 Å². The van der Waals surface area contributed by atoms with E-state index in [0.29, 0.717) is 0 Å². The first-order chi connectivity index (χ1) is 18.3. The van der Waals surface area contributed by atoms with Gasteiger partial charge in [0.25, 0.3) is 0 Å². The van der Waals surface area contributed by atoms with Crippen molar-refractivity contribution in [3.05, 3.63) is 115 Å². The Bertz CT molecular complexity index is 2150.